The summed E-state index contributed by atoms with van der Waals surface area (Å²) in [6.45, 7) is 6.74. The molecule has 0 unspecified atom stereocenters. The van der Waals surface area contributed by atoms with E-state index in [-0.39, 0.29) is 6.61 Å². The second-order valence-electron chi connectivity index (χ2n) is 2.92. The van der Waals surface area contributed by atoms with E-state index in [1.165, 1.54) is 0 Å². The lowest BCUT2D eigenvalue weighted by molar-refractivity contribution is -0.268. The molecule has 0 aliphatic heterocycles. The molecule has 92 valence electrons. The number of nitrogens with zero attached hydrogens (tertiary/aromatic N) is 1. The van der Waals surface area contributed by atoms with E-state index >= 15 is 0 Å². The zero-order chi connectivity index (χ0) is 12.4. The highest BCUT2D eigenvalue weighted by Crippen LogP contribution is 1.89. The van der Waals surface area contributed by atoms with Crippen molar-refractivity contribution in [3.63, 3.8) is 0 Å². The van der Waals surface area contributed by atoms with Crippen LogP contribution < -0.4 is 0 Å². The minimum Gasteiger partial charge on any atom is -0.478 e. The lowest BCUT2D eigenvalue weighted by Crippen LogP contribution is -2.27. The molecule has 0 aromatic carbocycles. The summed E-state index contributed by atoms with van der Waals surface area (Å²) in [5.74, 6) is -2.04. The van der Waals surface area contributed by atoms with Gasteiger partial charge in [0.15, 0.2) is 0 Å². The van der Waals surface area contributed by atoms with Gasteiger partial charge in [-0.2, -0.15) is 4.89 Å². The van der Waals surface area contributed by atoms with Crippen LogP contribution in [0.2, 0.25) is 0 Å². The number of aliphatic carboxylic acids is 1. The first kappa shape index (κ1) is 14.6. The predicted molar refractivity (Wildman–Crippen MR) is 56.6 cm³/mol. The van der Waals surface area contributed by atoms with E-state index in [2.05, 4.69) is 14.7 Å². The Kier molecular flexibility index (Phi) is 8.10. The highest BCUT2D eigenvalue weighted by Gasteiger charge is 2.02. The van der Waals surface area contributed by atoms with Gasteiger partial charge in [-0.1, -0.05) is 13.8 Å². The van der Waals surface area contributed by atoms with Crippen LogP contribution in [-0.2, 0) is 19.4 Å². The molecule has 0 amide bonds. The standard InChI is InChI=1S/C10H17NO5/c1-3-11(4-2)7-8-15-16-10(14)6-5-9(12)13/h5-6H,3-4,7-8H2,1-2H3,(H,12,13)/b6-5+. The molecule has 0 fully saturated rings. The fourth-order valence-corrected chi connectivity index (χ4v) is 0.973. The van der Waals surface area contributed by atoms with Gasteiger partial charge < -0.3 is 10.0 Å². The Hall–Kier alpha value is -1.40. The summed E-state index contributed by atoms with van der Waals surface area (Å²) in [4.78, 5) is 31.9. The van der Waals surface area contributed by atoms with Crippen LogP contribution in [-0.4, -0.2) is 48.2 Å². The van der Waals surface area contributed by atoms with Gasteiger partial charge in [0.05, 0.1) is 0 Å². The van der Waals surface area contributed by atoms with Crippen molar-refractivity contribution in [2.24, 2.45) is 0 Å². The van der Waals surface area contributed by atoms with E-state index in [0.717, 1.165) is 19.2 Å². The molecule has 0 rings (SSSR count). The van der Waals surface area contributed by atoms with E-state index in [4.69, 9.17) is 5.11 Å². The van der Waals surface area contributed by atoms with Crippen molar-refractivity contribution in [1.29, 1.82) is 0 Å². The number of carbonyl (C=O) groups is 2. The van der Waals surface area contributed by atoms with Crippen LogP contribution in [0.3, 0.4) is 0 Å². The zero-order valence-electron chi connectivity index (χ0n) is 9.51. The van der Waals surface area contributed by atoms with E-state index in [9.17, 15) is 9.59 Å². The number of hydrogen-bond acceptors (Lipinski definition) is 5. The van der Waals surface area contributed by atoms with Gasteiger partial charge in [0.1, 0.15) is 6.61 Å². The smallest absolute Gasteiger partial charge is 0.366 e. The van der Waals surface area contributed by atoms with Crippen LogP contribution in [0, 0.1) is 0 Å². The second kappa shape index (κ2) is 8.87. The Labute approximate surface area is 94.4 Å². The Morgan fingerprint density at radius 3 is 2.38 bits per heavy atom. The molecule has 0 aliphatic carbocycles. The van der Waals surface area contributed by atoms with Crippen LogP contribution in [0.5, 0.6) is 0 Å². The summed E-state index contributed by atoms with van der Waals surface area (Å²) in [5, 5.41) is 8.23. The summed E-state index contributed by atoms with van der Waals surface area (Å²) in [5.41, 5.74) is 0. The topological polar surface area (TPSA) is 76.1 Å². The van der Waals surface area contributed by atoms with Crippen LogP contribution in [0.25, 0.3) is 0 Å². The fraction of sp³-hybridized carbons (Fsp3) is 0.600. The molecule has 0 saturated carbocycles. The number of carboxylic acid groups (broad SMARTS) is 1. The molecule has 0 spiro atoms. The summed E-state index contributed by atoms with van der Waals surface area (Å²) >= 11 is 0. The third-order valence-corrected chi connectivity index (χ3v) is 1.89. The van der Waals surface area contributed by atoms with Crippen molar-refractivity contribution in [2.45, 2.75) is 13.8 Å². The van der Waals surface area contributed by atoms with Gasteiger partial charge in [0.25, 0.3) is 0 Å². The quantitative estimate of drug-likeness (QED) is 0.283. The first-order valence-electron chi connectivity index (χ1n) is 5.06. The number of hydrogen-bond donors (Lipinski definition) is 1. The number of rotatable bonds is 8. The summed E-state index contributed by atoms with van der Waals surface area (Å²) in [6, 6.07) is 0. The van der Waals surface area contributed by atoms with E-state index < -0.39 is 11.9 Å². The SMILES string of the molecule is CCN(CC)CCOOC(=O)/C=C/C(=O)O. The molecule has 0 bridgehead atoms. The maximum atomic E-state index is 10.8. The van der Waals surface area contributed by atoms with Gasteiger partial charge in [-0.3, -0.25) is 4.89 Å². The molecular weight excluding hydrogens is 214 g/mol. The summed E-state index contributed by atoms with van der Waals surface area (Å²) in [6.07, 6.45) is 1.48. The molecule has 0 saturated heterocycles. The van der Waals surface area contributed by atoms with Crippen molar-refractivity contribution in [1.82, 2.24) is 4.90 Å². The highest BCUT2D eigenvalue weighted by molar-refractivity contribution is 5.90. The van der Waals surface area contributed by atoms with Crippen LogP contribution in [0.1, 0.15) is 13.8 Å². The lowest BCUT2D eigenvalue weighted by atomic mass is 10.5. The third kappa shape index (κ3) is 7.95. The van der Waals surface area contributed by atoms with Crippen molar-refractivity contribution >= 4 is 11.9 Å². The third-order valence-electron chi connectivity index (χ3n) is 1.89. The minimum atomic E-state index is -1.21. The van der Waals surface area contributed by atoms with Gasteiger partial charge >= 0.3 is 11.9 Å². The molecule has 16 heavy (non-hydrogen) atoms. The maximum Gasteiger partial charge on any atom is 0.366 e. The Morgan fingerprint density at radius 1 is 1.25 bits per heavy atom. The molecule has 0 atom stereocenters. The fourth-order valence-electron chi connectivity index (χ4n) is 0.973. The predicted octanol–water partition coefficient (Wildman–Crippen LogP) is 0.444. The highest BCUT2D eigenvalue weighted by atomic mass is 17.2. The lowest BCUT2D eigenvalue weighted by Gasteiger charge is -2.16. The minimum absolute atomic E-state index is 0.258. The van der Waals surface area contributed by atoms with Gasteiger partial charge in [0.2, 0.25) is 0 Å². The molecule has 6 nitrogen and oxygen atoms in total. The first-order chi connectivity index (χ1) is 7.60. The molecule has 0 radical (unpaired) electrons. The normalized spacial score (nSPS) is 10.9. The van der Waals surface area contributed by atoms with Gasteiger partial charge in [-0.05, 0) is 13.1 Å². The van der Waals surface area contributed by atoms with Crippen molar-refractivity contribution in [3.8, 4) is 0 Å². The molecule has 6 heteroatoms. The van der Waals surface area contributed by atoms with Gasteiger partial charge in [-0.15, -0.1) is 0 Å². The molecular formula is C10H17NO5. The molecule has 0 heterocycles. The van der Waals surface area contributed by atoms with Crippen molar-refractivity contribution < 1.29 is 24.5 Å². The van der Waals surface area contributed by atoms with E-state index in [0.29, 0.717) is 12.6 Å². The Balaban J connectivity index is 3.58. The van der Waals surface area contributed by atoms with E-state index in [1.807, 2.05) is 13.8 Å². The van der Waals surface area contributed by atoms with Gasteiger partial charge in [0, 0.05) is 18.7 Å². The largest absolute Gasteiger partial charge is 0.478 e. The molecule has 0 aromatic rings. The van der Waals surface area contributed by atoms with Crippen LogP contribution >= 0.6 is 0 Å². The molecule has 0 aromatic heterocycles. The number of carboxylic acids is 1. The molecule has 1 N–H and O–H groups in total. The summed E-state index contributed by atoms with van der Waals surface area (Å²) < 4.78 is 0. The average Bonchev–Trinajstić information content (AvgIpc) is 2.26. The van der Waals surface area contributed by atoms with Gasteiger partial charge in [-0.25, -0.2) is 9.59 Å². The Morgan fingerprint density at radius 2 is 1.88 bits per heavy atom. The van der Waals surface area contributed by atoms with Crippen LogP contribution in [0.4, 0.5) is 0 Å². The second-order valence-corrected chi connectivity index (χ2v) is 2.92. The molecule has 0 aliphatic rings. The van der Waals surface area contributed by atoms with Crippen molar-refractivity contribution in [3.05, 3.63) is 12.2 Å². The maximum absolute atomic E-state index is 10.8. The van der Waals surface area contributed by atoms with Crippen LogP contribution in [0.15, 0.2) is 12.2 Å². The zero-order valence-corrected chi connectivity index (χ0v) is 9.51. The first-order valence-corrected chi connectivity index (χ1v) is 5.06. The average molecular weight is 231 g/mol. The van der Waals surface area contributed by atoms with Crippen molar-refractivity contribution in [2.75, 3.05) is 26.2 Å². The monoisotopic (exact) mass is 231 g/mol. The summed E-state index contributed by atoms with van der Waals surface area (Å²) in [7, 11) is 0. The number of carbonyl (C=O) groups excluding carboxylic acids is 1. The number of likely N-dealkylation sites (N-methyl/N-ethyl adjacent to an activating group) is 1. The van der Waals surface area contributed by atoms with E-state index in [1.54, 1.807) is 0 Å². The Bertz CT molecular complexity index is 248.